The summed E-state index contributed by atoms with van der Waals surface area (Å²) in [5.74, 6) is 2.28. The van der Waals surface area contributed by atoms with Crippen LogP contribution in [-0.4, -0.2) is 29.1 Å². The van der Waals surface area contributed by atoms with Crippen molar-refractivity contribution in [3.63, 3.8) is 0 Å². The van der Waals surface area contributed by atoms with E-state index in [2.05, 4.69) is 36.1 Å². The zero-order chi connectivity index (χ0) is 14.9. The molecule has 1 saturated carbocycles. The van der Waals surface area contributed by atoms with Crippen LogP contribution in [-0.2, 0) is 10.5 Å². The lowest BCUT2D eigenvalue weighted by atomic mass is 9.94. The van der Waals surface area contributed by atoms with Gasteiger partial charge in [0.15, 0.2) is 0 Å². The molecule has 2 rings (SSSR count). The zero-order valence-electron chi connectivity index (χ0n) is 13.1. The summed E-state index contributed by atoms with van der Waals surface area (Å²) >= 11 is 1.86. The normalized spacial score (nSPS) is 15.9. The minimum atomic E-state index is 0.352. The Morgan fingerprint density at radius 3 is 2.57 bits per heavy atom. The molecule has 1 aliphatic rings. The molecule has 116 valence electrons. The van der Waals surface area contributed by atoms with E-state index in [4.69, 9.17) is 0 Å². The van der Waals surface area contributed by atoms with Crippen molar-refractivity contribution >= 4 is 17.7 Å². The Hall–Kier alpha value is -0.960. The zero-order valence-corrected chi connectivity index (χ0v) is 13.9. The summed E-state index contributed by atoms with van der Waals surface area (Å²) in [5.41, 5.74) is 1.34. The van der Waals surface area contributed by atoms with Crippen LogP contribution in [0.1, 0.15) is 51.0 Å². The lowest BCUT2D eigenvalue weighted by molar-refractivity contribution is -0.133. The second kappa shape index (κ2) is 9.14. The van der Waals surface area contributed by atoms with Gasteiger partial charge in [-0.3, -0.25) is 4.79 Å². The SMILES string of the molecule is CCN(C(=O)CCSCc1ccccc1)C1CCCCC1. The number of carbonyl (C=O) groups is 1. The molecule has 1 amide bonds. The van der Waals surface area contributed by atoms with Gasteiger partial charge in [0.05, 0.1) is 0 Å². The standard InChI is InChI=1S/C18H27NOS/c1-2-19(17-11-7-4-8-12-17)18(20)13-14-21-15-16-9-5-3-6-10-16/h3,5-6,9-10,17H,2,4,7-8,11-15H2,1H3. The summed E-state index contributed by atoms with van der Waals surface area (Å²) < 4.78 is 0. The molecule has 2 nitrogen and oxygen atoms in total. The average Bonchev–Trinajstić information content (AvgIpc) is 2.54. The summed E-state index contributed by atoms with van der Waals surface area (Å²) in [7, 11) is 0. The molecule has 0 unspecified atom stereocenters. The highest BCUT2D eigenvalue weighted by Crippen LogP contribution is 2.23. The second-order valence-corrected chi connectivity index (χ2v) is 6.86. The van der Waals surface area contributed by atoms with Crippen molar-refractivity contribution < 1.29 is 4.79 Å². The quantitative estimate of drug-likeness (QED) is 0.692. The van der Waals surface area contributed by atoms with Gasteiger partial charge in [-0.25, -0.2) is 0 Å². The molecule has 21 heavy (non-hydrogen) atoms. The molecule has 0 N–H and O–H groups in total. The molecular formula is C18H27NOS. The minimum Gasteiger partial charge on any atom is -0.340 e. The Kier molecular flexibility index (Phi) is 7.14. The van der Waals surface area contributed by atoms with Gasteiger partial charge in [0.1, 0.15) is 0 Å². The first-order chi connectivity index (χ1) is 10.3. The van der Waals surface area contributed by atoms with Crippen molar-refractivity contribution in [1.82, 2.24) is 4.90 Å². The average molecular weight is 305 g/mol. The topological polar surface area (TPSA) is 20.3 Å². The molecule has 0 atom stereocenters. The van der Waals surface area contributed by atoms with E-state index >= 15 is 0 Å². The van der Waals surface area contributed by atoms with Crippen LogP contribution in [0.25, 0.3) is 0 Å². The number of amides is 1. The van der Waals surface area contributed by atoms with Crippen molar-refractivity contribution in [2.45, 2.75) is 57.2 Å². The van der Waals surface area contributed by atoms with Gasteiger partial charge in [-0.2, -0.15) is 11.8 Å². The third kappa shape index (κ3) is 5.39. The van der Waals surface area contributed by atoms with E-state index < -0.39 is 0 Å². The van der Waals surface area contributed by atoms with Crippen LogP contribution < -0.4 is 0 Å². The maximum atomic E-state index is 12.4. The van der Waals surface area contributed by atoms with Crippen molar-refractivity contribution in [1.29, 1.82) is 0 Å². The Morgan fingerprint density at radius 2 is 1.90 bits per heavy atom. The second-order valence-electron chi connectivity index (χ2n) is 5.76. The Labute approximate surface area is 133 Å². The molecule has 0 spiro atoms. The molecule has 0 heterocycles. The van der Waals surface area contributed by atoms with Gasteiger partial charge in [-0.1, -0.05) is 49.6 Å². The summed E-state index contributed by atoms with van der Waals surface area (Å²) in [6, 6.07) is 11.0. The summed E-state index contributed by atoms with van der Waals surface area (Å²) in [4.78, 5) is 14.5. The van der Waals surface area contributed by atoms with Crippen molar-refractivity contribution in [2.75, 3.05) is 12.3 Å². The predicted octanol–water partition coefficient (Wildman–Crippen LogP) is 4.49. The Morgan fingerprint density at radius 1 is 1.19 bits per heavy atom. The van der Waals surface area contributed by atoms with Crippen LogP contribution in [0.5, 0.6) is 0 Å². The van der Waals surface area contributed by atoms with Crippen LogP contribution in [0.3, 0.4) is 0 Å². The highest BCUT2D eigenvalue weighted by Gasteiger charge is 2.23. The van der Waals surface area contributed by atoms with Gasteiger partial charge in [0, 0.05) is 30.5 Å². The molecule has 1 aromatic carbocycles. The number of benzene rings is 1. The molecule has 1 aromatic rings. The molecule has 0 saturated heterocycles. The van der Waals surface area contributed by atoms with E-state index in [-0.39, 0.29) is 0 Å². The van der Waals surface area contributed by atoms with Crippen LogP contribution in [0.2, 0.25) is 0 Å². The lowest BCUT2D eigenvalue weighted by Gasteiger charge is -2.33. The molecule has 1 fully saturated rings. The highest BCUT2D eigenvalue weighted by molar-refractivity contribution is 7.98. The molecule has 3 heteroatoms. The van der Waals surface area contributed by atoms with E-state index in [1.54, 1.807) is 0 Å². The maximum Gasteiger partial charge on any atom is 0.223 e. The van der Waals surface area contributed by atoms with Gasteiger partial charge in [0.2, 0.25) is 5.91 Å². The molecule has 0 bridgehead atoms. The molecule has 0 aliphatic heterocycles. The number of rotatable bonds is 7. The number of hydrogen-bond acceptors (Lipinski definition) is 2. The highest BCUT2D eigenvalue weighted by atomic mass is 32.2. The fourth-order valence-corrected chi connectivity index (χ4v) is 3.99. The number of carbonyl (C=O) groups excluding carboxylic acids is 1. The fraction of sp³-hybridized carbons (Fsp3) is 0.611. The summed E-state index contributed by atoms with van der Waals surface area (Å²) in [6.45, 7) is 2.98. The molecule has 1 aliphatic carbocycles. The van der Waals surface area contributed by atoms with Crippen LogP contribution in [0.15, 0.2) is 30.3 Å². The van der Waals surface area contributed by atoms with E-state index in [0.717, 1.165) is 18.1 Å². The monoisotopic (exact) mass is 305 g/mol. The van der Waals surface area contributed by atoms with E-state index in [1.165, 1.54) is 37.7 Å². The minimum absolute atomic E-state index is 0.352. The van der Waals surface area contributed by atoms with Gasteiger partial charge >= 0.3 is 0 Å². The van der Waals surface area contributed by atoms with Crippen molar-refractivity contribution in [3.8, 4) is 0 Å². The lowest BCUT2D eigenvalue weighted by Crippen LogP contribution is -2.41. The largest absolute Gasteiger partial charge is 0.340 e. The number of nitrogens with zero attached hydrogens (tertiary/aromatic N) is 1. The van der Waals surface area contributed by atoms with Crippen molar-refractivity contribution in [2.24, 2.45) is 0 Å². The van der Waals surface area contributed by atoms with Crippen LogP contribution in [0.4, 0.5) is 0 Å². The predicted molar refractivity (Wildman–Crippen MR) is 91.5 cm³/mol. The Balaban J connectivity index is 1.70. The van der Waals surface area contributed by atoms with E-state index in [0.29, 0.717) is 18.4 Å². The van der Waals surface area contributed by atoms with E-state index in [1.807, 2.05) is 17.8 Å². The maximum absolute atomic E-state index is 12.4. The molecule has 0 aromatic heterocycles. The first-order valence-corrected chi connectivity index (χ1v) is 9.38. The van der Waals surface area contributed by atoms with Gasteiger partial charge < -0.3 is 4.90 Å². The summed E-state index contributed by atoms with van der Waals surface area (Å²) in [6.07, 6.45) is 7.01. The van der Waals surface area contributed by atoms with Gasteiger partial charge in [-0.15, -0.1) is 0 Å². The third-order valence-electron chi connectivity index (χ3n) is 4.25. The van der Waals surface area contributed by atoms with E-state index in [9.17, 15) is 4.79 Å². The Bertz CT molecular complexity index is 414. The number of hydrogen-bond donors (Lipinski definition) is 0. The van der Waals surface area contributed by atoms with Crippen molar-refractivity contribution in [3.05, 3.63) is 35.9 Å². The smallest absolute Gasteiger partial charge is 0.223 e. The van der Waals surface area contributed by atoms with Crippen LogP contribution >= 0.6 is 11.8 Å². The number of thioether (sulfide) groups is 1. The fourth-order valence-electron chi connectivity index (χ4n) is 3.10. The summed E-state index contributed by atoms with van der Waals surface area (Å²) in [5, 5.41) is 0. The first kappa shape index (κ1) is 16.4. The molecular weight excluding hydrogens is 278 g/mol. The third-order valence-corrected chi connectivity index (χ3v) is 5.28. The molecule has 0 radical (unpaired) electrons. The van der Waals surface area contributed by atoms with Gasteiger partial charge in [0.25, 0.3) is 0 Å². The van der Waals surface area contributed by atoms with Crippen LogP contribution in [0, 0.1) is 0 Å². The first-order valence-electron chi connectivity index (χ1n) is 8.22. The van der Waals surface area contributed by atoms with Gasteiger partial charge in [-0.05, 0) is 25.3 Å².